The molecule has 0 saturated heterocycles. The van der Waals surface area contributed by atoms with Gasteiger partial charge in [-0.15, -0.1) is 0 Å². The lowest BCUT2D eigenvalue weighted by Gasteiger charge is -2.46. The molecule has 0 aliphatic carbocycles. The van der Waals surface area contributed by atoms with Gasteiger partial charge < -0.3 is 4.52 Å². The largest absolute Gasteiger partial charge is 0.330 e. The minimum absolute atomic E-state index is 0.325. The topological polar surface area (TPSA) is 52.4 Å². The first-order valence-corrected chi connectivity index (χ1v) is 10.7. The van der Waals surface area contributed by atoms with E-state index < -0.39 is 8.45 Å². The molecule has 0 bridgehead atoms. The Balaban J connectivity index is 3.10. The Morgan fingerprint density at radius 2 is 1.54 bits per heavy atom. The van der Waals surface area contributed by atoms with Crippen molar-refractivity contribution < 1.29 is 4.52 Å². The van der Waals surface area contributed by atoms with E-state index in [0.717, 1.165) is 6.42 Å². The highest BCUT2D eigenvalue weighted by Crippen LogP contribution is 2.51. The summed E-state index contributed by atoms with van der Waals surface area (Å²) >= 11 is 0. The molecule has 0 saturated carbocycles. The number of rotatable bonds is 11. The van der Waals surface area contributed by atoms with Crippen LogP contribution in [0.2, 0.25) is 0 Å². The monoisotopic (exact) mass is 378 g/mol. The fourth-order valence-electron chi connectivity index (χ4n) is 3.25. The second-order valence-electron chi connectivity index (χ2n) is 7.44. The van der Waals surface area contributed by atoms with Gasteiger partial charge in [0.05, 0.1) is 19.1 Å². The SMILES string of the molecule is CC(C)N(C(C)C)P(OCCC#N)N(C(C)C)C(C)Cc1ccncc1. The molecule has 26 heavy (non-hydrogen) atoms. The maximum Gasteiger partial charge on any atom is 0.188 e. The van der Waals surface area contributed by atoms with Gasteiger partial charge in [0.2, 0.25) is 0 Å². The fourth-order valence-corrected chi connectivity index (χ4v) is 5.61. The first-order chi connectivity index (χ1) is 12.3. The Morgan fingerprint density at radius 3 is 2.00 bits per heavy atom. The summed E-state index contributed by atoms with van der Waals surface area (Å²) in [5, 5.41) is 8.93. The lowest BCUT2D eigenvalue weighted by atomic mass is 10.1. The number of nitrogens with zero attached hydrogens (tertiary/aromatic N) is 4. The number of aromatic nitrogens is 1. The lowest BCUT2D eigenvalue weighted by molar-refractivity contribution is 0.183. The molecule has 0 aliphatic rings. The van der Waals surface area contributed by atoms with Crippen molar-refractivity contribution in [3.05, 3.63) is 30.1 Å². The third kappa shape index (κ3) is 6.93. The van der Waals surface area contributed by atoms with E-state index >= 15 is 0 Å². The van der Waals surface area contributed by atoms with E-state index in [2.05, 4.69) is 81.0 Å². The van der Waals surface area contributed by atoms with Gasteiger partial charge in [-0.1, -0.05) is 0 Å². The molecule has 146 valence electrons. The molecule has 0 fully saturated rings. The van der Waals surface area contributed by atoms with Crippen LogP contribution in [-0.4, -0.2) is 45.1 Å². The summed E-state index contributed by atoms with van der Waals surface area (Å²) in [5.74, 6) is 0. The number of pyridine rings is 1. The highest BCUT2D eigenvalue weighted by atomic mass is 31.2. The van der Waals surface area contributed by atoms with Gasteiger partial charge in [-0.25, -0.2) is 9.34 Å². The zero-order valence-electron chi connectivity index (χ0n) is 17.4. The summed E-state index contributed by atoms with van der Waals surface area (Å²) < 4.78 is 11.3. The molecule has 6 heteroatoms. The smallest absolute Gasteiger partial charge is 0.188 e. The van der Waals surface area contributed by atoms with Crippen LogP contribution >= 0.6 is 8.45 Å². The van der Waals surface area contributed by atoms with Crippen LogP contribution in [0.15, 0.2) is 24.5 Å². The molecular formula is C20H35N4OP. The van der Waals surface area contributed by atoms with Crippen LogP contribution < -0.4 is 0 Å². The Morgan fingerprint density at radius 1 is 1.00 bits per heavy atom. The molecule has 1 heterocycles. The number of hydrogen-bond donors (Lipinski definition) is 0. The van der Waals surface area contributed by atoms with Gasteiger partial charge in [-0.2, -0.15) is 5.26 Å². The quantitative estimate of drug-likeness (QED) is 0.401. The van der Waals surface area contributed by atoms with Crippen molar-refractivity contribution in [3.8, 4) is 6.07 Å². The fraction of sp³-hybridized carbons (Fsp3) is 0.700. The van der Waals surface area contributed by atoms with Crippen LogP contribution in [-0.2, 0) is 10.9 Å². The predicted molar refractivity (Wildman–Crippen MR) is 110 cm³/mol. The van der Waals surface area contributed by atoms with Gasteiger partial charge in [0.1, 0.15) is 0 Å². The summed E-state index contributed by atoms with van der Waals surface area (Å²) in [5.41, 5.74) is 1.28. The highest BCUT2D eigenvalue weighted by molar-refractivity contribution is 7.47. The van der Waals surface area contributed by atoms with Crippen LogP contribution in [0, 0.1) is 11.3 Å². The Labute approximate surface area is 161 Å². The summed E-state index contributed by atoms with van der Waals surface area (Å²) in [6, 6.07) is 7.78. The standard InChI is InChI=1S/C20H35N4OP/c1-16(2)23(17(3)4)26(25-14-8-11-21)24(18(5)6)19(7)15-20-9-12-22-13-10-20/h9-10,12-13,16-19H,8,14-15H2,1-7H3. The summed E-state index contributed by atoms with van der Waals surface area (Å²) in [4.78, 5) is 4.12. The van der Waals surface area contributed by atoms with Gasteiger partial charge in [0.15, 0.2) is 8.45 Å². The Bertz CT molecular complexity index is 536. The lowest BCUT2D eigenvalue weighted by Crippen LogP contribution is -2.44. The molecular weight excluding hydrogens is 343 g/mol. The van der Waals surface area contributed by atoms with Crippen molar-refractivity contribution >= 4 is 8.45 Å². The van der Waals surface area contributed by atoms with E-state index in [9.17, 15) is 0 Å². The number of hydrogen-bond acceptors (Lipinski definition) is 5. The van der Waals surface area contributed by atoms with Gasteiger partial charge in [-0.3, -0.25) is 4.98 Å². The van der Waals surface area contributed by atoms with Crippen molar-refractivity contribution in [1.29, 1.82) is 5.26 Å². The third-order valence-electron chi connectivity index (χ3n) is 4.14. The first kappa shape index (κ1) is 23.0. The van der Waals surface area contributed by atoms with E-state index in [1.165, 1.54) is 5.56 Å². The van der Waals surface area contributed by atoms with Gasteiger partial charge in [0.25, 0.3) is 0 Å². The van der Waals surface area contributed by atoms with E-state index in [1.54, 1.807) is 0 Å². The highest BCUT2D eigenvalue weighted by Gasteiger charge is 2.35. The van der Waals surface area contributed by atoms with E-state index in [1.807, 2.05) is 12.4 Å². The minimum atomic E-state index is -0.953. The van der Waals surface area contributed by atoms with E-state index in [0.29, 0.717) is 37.2 Å². The van der Waals surface area contributed by atoms with Crippen LogP contribution in [0.5, 0.6) is 0 Å². The predicted octanol–water partition coefficient (Wildman–Crippen LogP) is 5.00. The summed E-state index contributed by atoms with van der Waals surface area (Å²) in [6.07, 6.45) is 5.07. The molecule has 0 N–H and O–H groups in total. The zero-order valence-corrected chi connectivity index (χ0v) is 18.3. The maximum absolute atomic E-state index is 8.93. The molecule has 0 aromatic carbocycles. The second-order valence-corrected chi connectivity index (χ2v) is 9.13. The molecule has 0 amide bonds. The van der Waals surface area contributed by atoms with Crippen LogP contribution in [0.1, 0.15) is 60.5 Å². The molecule has 5 nitrogen and oxygen atoms in total. The third-order valence-corrected chi connectivity index (χ3v) is 7.12. The molecule has 0 spiro atoms. The zero-order chi connectivity index (χ0) is 19.7. The normalized spacial score (nSPS) is 14.4. The van der Waals surface area contributed by atoms with Crippen molar-refractivity contribution in [2.45, 2.75) is 85.5 Å². The molecule has 2 unspecified atom stereocenters. The maximum atomic E-state index is 8.93. The molecule has 2 atom stereocenters. The Kier molecular flexibility index (Phi) is 10.3. The van der Waals surface area contributed by atoms with Gasteiger partial charge in [0, 0.05) is 36.6 Å². The Hall–Kier alpha value is -1.05. The van der Waals surface area contributed by atoms with Crippen LogP contribution in [0.3, 0.4) is 0 Å². The van der Waals surface area contributed by atoms with Crippen LogP contribution in [0.4, 0.5) is 0 Å². The van der Waals surface area contributed by atoms with Gasteiger partial charge in [-0.05, 0) is 72.6 Å². The van der Waals surface area contributed by atoms with Gasteiger partial charge >= 0.3 is 0 Å². The molecule has 1 aromatic heterocycles. The van der Waals surface area contributed by atoms with E-state index in [-0.39, 0.29) is 0 Å². The summed E-state index contributed by atoms with van der Waals surface area (Å²) in [6.45, 7) is 16.1. The second kappa shape index (κ2) is 11.6. The van der Waals surface area contributed by atoms with Crippen molar-refractivity contribution in [3.63, 3.8) is 0 Å². The number of nitriles is 1. The molecule has 1 rings (SSSR count). The van der Waals surface area contributed by atoms with Crippen LogP contribution in [0.25, 0.3) is 0 Å². The molecule has 1 aromatic rings. The first-order valence-electron chi connectivity index (χ1n) is 9.54. The average molecular weight is 379 g/mol. The van der Waals surface area contributed by atoms with E-state index in [4.69, 9.17) is 9.79 Å². The molecule has 0 aliphatic heterocycles. The van der Waals surface area contributed by atoms with Crippen molar-refractivity contribution in [2.24, 2.45) is 0 Å². The average Bonchev–Trinajstić information content (AvgIpc) is 2.54. The van der Waals surface area contributed by atoms with Crippen molar-refractivity contribution in [2.75, 3.05) is 6.61 Å². The minimum Gasteiger partial charge on any atom is -0.330 e. The summed E-state index contributed by atoms with van der Waals surface area (Å²) in [7, 11) is -0.953. The van der Waals surface area contributed by atoms with Crippen molar-refractivity contribution in [1.82, 2.24) is 14.3 Å². The molecule has 0 radical (unpaired) electrons.